The van der Waals surface area contributed by atoms with Crippen LogP contribution in [0.15, 0.2) is 29.2 Å². The van der Waals surface area contributed by atoms with Crippen LogP contribution in [0.2, 0.25) is 0 Å². The Bertz CT molecular complexity index is 477. The van der Waals surface area contributed by atoms with Crippen molar-refractivity contribution >= 4 is 17.7 Å². The van der Waals surface area contributed by atoms with Crippen molar-refractivity contribution in [1.82, 2.24) is 5.32 Å². The van der Waals surface area contributed by atoms with E-state index in [1.54, 1.807) is 0 Å². The molecule has 110 valence electrons. The zero-order valence-electron chi connectivity index (χ0n) is 12.3. The second kappa shape index (κ2) is 6.64. The Hall–Kier alpha value is -1.00. The van der Waals surface area contributed by atoms with Crippen LogP contribution in [-0.2, 0) is 4.79 Å². The highest BCUT2D eigenvalue weighted by atomic mass is 32.2. The van der Waals surface area contributed by atoms with E-state index in [1.807, 2.05) is 18.8 Å². The van der Waals surface area contributed by atoms with Gasteiger partial charge in [0.05, 0.1) is 0 Å². The molecule has 0 aromatic heterocycles. The van der Waals surface area contributed by atoms with Gasteiger partial charge in [0.15, 0.2) is 0 Å². The molecule has 1 amide bonds. The third-order valence-electron chi connectivity index (χ3n) is 4.52. The van der Waals surface area contributed by atoms with E-state index >= 15 is 0 Å². The number of nitrogens with two attached hydrogens (primary N) is 1. The summed E-state index contributed by atoms with van der Waals surface area (Å²) in [7, 11) is 1.86. The minimum absolute atomic E-state index is 0.191. The van der Waals surface area contributed by atoms with Crippen LogP contribution in [0.5, 0.6) is 0 Å². The Labute approximate surface area is 125 Å². The number of amides is 1. The van der Waals surface area contributed by atoms with Gasteiger partial charge in [-0.05, 0) is 56.5 Å². The normalized spacial score (nSPS) is 25.8. The summed E-state index contributed by atoms with van der Waals surface area (Å²) in [6, 6.07) is 8.44. The van der Waals surface area contributed by atoms with Gasteiger partial charge in [0, 0.05) is 4.90 Å². The van der Waals surface area contributed by atoms with E-state index in [0.717, 1.165) is 31.4 Å². The average Bonchev–Trinajstić information content (AvgIpc) is 2.85. The van der Waals surface area contributed by atoms with Crippen molar-refractivity contribution in [3.63, 3.8) is 0 Å². The Morgan fingerprint density at radius 2 is 2.25 bits per heavy atom. The number of primary amides is 1. The molecular formula is C16H24N2OS. The Morgan fingerprint density at radius 1 is 1.50 bits per heavy atom. The van der Waals surface area contributed by atoms with Crippen molar-refractivity contribution in [2.24, 2.45) is 11.7 Å². The van der Waals surface area contributed by atoms with Gasteiger partial charge in [-0.1, -0.05) is 24.6 Å². The van der Waals surface area contributed by atoms with Gasteiger partial charge in [0.25, 0.3) is 0 Å². The third-order valence-corrected chi connectivity index (χ3v) is 5.73. The summed E-state index contributed by atoms with van der Waals surface area (Å²) in [6.07, 6.45) is 4.09. The molecule has 4 heteroatoms. The first-order valence-corrected chi connectivity index (χ1v) is 8.26. The smallest absolute Gasteiger partial charge is 0.238 e. The molecule has 1 saturated carbocycles. The fraction of sp³-hybridized carbons (Fsp3) is 0.562. The minimum atomic E-state index is -0.480. The zero-order valence-corrected chi connectivity index (χ0v) is 13.1. The summed E-state index contributed by atoms with van der Waals surface area (Å²) in [5.41, 5.74) is 6.47. The van der Waals surface area contributed by atoms with Crippen LogP contribution >= 0.6 is 11.8 Å². The van der Waals surface area contributed by atoms with Crippen LogP contribution in [0.1, 0.15) is 31.2 Å². The lowest BCUT2D eigenvalue weighted by Gasteiger charge is -2.32. The Morgan fingerprint density at radius 3 is 2.90 bits per heavy atom. The molecule has 1 fully saturated rings. The molecule has 2 rings (SSSR count). The molecule has 0 aliphatic heterocycles. The van der Waals surface area contributed by atoms with E-state index < -0.39 is 5.54 Å². The molecule has 3 nitrogen and oxygen atoms in total. The van der Waals surface area contributed by atoms with Gasteiger partial charge in [-0.2, -0.15) is 0 Å². The summed E-state index contributed by atoms with van der Waals surface area (Å²) < 4.78 is 0. The summed E-state index contributed by atoms with van der Waals surface area (Å²) in [6.45, 7) is 2.14. The SMILES string of the molecule is CNC1(C(N)=O)CCCC1CCSc1ccccc1C. The first-order valence-electron chi connectivity index (χ1n) is 7.27. The van der Waals surface area contributed by atoms with Crippen molar-refractivity contribution in [1.29, 1.82) is 0 Å². The molecule has 0 saturated heterocycles. The predicted molar refractivity (Wildman–Crippen MR) is 84.8 cm³/mol. The number of rotatable bonds is 6. The fourth-order valence-electron chi connectivity index (χ4n) is 3.27. The molecule has 1 aliphatic carbocycles. The molecule has 2 unspecified atom stereocenters. The van der Waals surface area contributed by atoms with Crippen molar-refractivity contribution < 1.29 is 4.79 Å². The standard InChI is InChI=1S/C16H24N2OS/c1-12-6-3-4-8-14(12)20-11-9-13-7-5-10-16(13,18-2)15(17)19/h3-4,6,8,13,18H,5,7,9-11H2,1-2H3,(H2,17,19). The van der Waals surface area contributed by atoms with Crippen molar-refractivity contribution in [3.8, 4) is 0 Å². The van der Waals surface area contributed by atoms with Gasteiger partial charge < -0.3 is 11.1 Å². The lowest BCUT2D eigenvalue weighted by atomic mass is 9.84. The van der Waals surface area contributed by atoms with Gasteiger partial charge in [0.2, 0.25) is 5.91 Å². The van der Waals surface area contributed by atoms with Gasteiger partial charge in [-0.3, -0.25) is 4.79 Å². The second-order valence-electron chi connectivity index (χ2n) is 5.58. The quantitative estimate of drug-likeness (QED) is 0.793. The van der Waals surface area contributed by atoms with E-state index in [9.17, 15) is 4.79 Å². The van der Waals surface area contributed by atoms with Gasteiger partial charge in [0.1, 0.15) is 5.54 Å². The zero-order chi connectivity index (χ0) is 14.6. The molecule has 2 atom stereocenters. The molecule has 20 heavy (non-hydrogen) atoms. The number of hydrogen-bond donors (Lipinski definition) is 2. The number of benzene rings is 1. The summed E-state index contributed by atoms with van der Waals surface area (Å²) in [5.74, 6) is 1.21. The number of carbonyl (C=O) groups excluding carboxylic acids is 1. The average molecular weight is 292 g/mol. The Balaban J connectivity index is 1.94. The molecule has 0 bridgehead atoms. The molecule has 0 heterocycles. The van der Waals surface area contributed by atoms with Crippen LogP contribution in [0.3, 0.4) is 0 Å². The predicted octanol–water partition coefficient (Wildman–Crippen LogP) is 2.72. The van der Waals surface area contributed by atoms with Crippen molar-refractivity contribution in [3.05, 3.63) is 29.8 Å². The van der Waals surface area contributed by atoms with E-state index in [1.165, 1.54) is 10.5 Å². The van der Waals surface area contributed by atoms with Gasteiger partial charge in [-0.15, -0.1) is 11.8 Å². The summed E-state index contributed by atoms with van der Waals surface area (Å²) in [4.78, 5) is 13.1. The molecular weight excluding hydrogens is 268 g/mol. The fourth-order valence-corrected chi connectivity index (χ4v) is 4.37. The number of thioether (sulfide) groups is 1. The number of carbonyl (C=O) groups is 1. The van der Waals surface area contributed by atoms with E-state index in [-0.39, 0.29) is 5.91 Å². The van der Waals surface area contributed by atoms with Crippen LogP contribution in [0, 0.1) is 12.8 Å². The maximum atomic E-state index is 11.8. The number of hydrogen-bond acceptors (Lipinski definition) is 3. The maximum Gasteiger partial charge on any atom is 0.238 e. The van der Waals surface area contributed by atoms with Crippen LogP contribution < -0.4 is 11.1 Å². The number of likely N-dealkylation sites (N-methyl/N-ethyl adjacent to an activating group) is 1. The third kappa shape index (κ3) is 3.01. The molecule has 1 aliphatic rings. The molecule has 0 radical (unpaired) electrons. The van der Waals surface area contributed by atoms with Gasteiger partial charge >= 0.3 is 0 Å². The highest BCUT2D eigenvalue weighted by Crippen LogP contribution is 2.39. The maximum absolute atomic E-state index is 11.8. The minimum Gasteiger partial charge on any atom is -0.368 e. The van der Waals surface area contributed by atoms with Crippen molar-refractivity contribution in [2.45, 2.75) is 43.0 Å². The van der Waals surface area contributed by atoms with Crippen LogP contribution in [-0.4, -0.2) is 24.2 Å². The van der Waals surface area contributed by atoms with E-state index in [2.05, 4.69) is 36.5 Å². The molecule has 0 spiro atoms. The topological polar surface area (TPSA) is 55.1 Å². The molecule has 3 N–H and O–H groups in total. The first kappa shape index (κ1) is 15.4. The van der Waals surface area contributed by atoms with E-state index in [0.29, 0.717) is 5.92 Å². The summed E-state index contributed by atoms with van der Waals surface area (Å²) in [5, 5.41) is 3.20. The lowest BCUT2D eigenvalue weighted by Crippen LogP contribution is -2.56. The highest BCUT2D eigenvalue weighted by molar-refractivity contribution is 7.99. The number of aryl methyl sites for hydroxylation is 1. The highest BCUT2D eigenvalue weighted by Gasteiger charge is 2.45. The molecule has 1 aromatic carbocycles. The summed E-state index contributed by atoms with van der Waals surface area (Å²) >= 11 is 1.88. The molecule has 1 aromatic rings. The monoisotopic (exact) mass is 292 g/mol. The van der Waals surface area contributed by atoms with Crippen LogP contribution in [0.4, 0.5) is 0 Å². The van der Waals surface area contributed by atoms with Gasteiger partial charge in [-0.25, -0.2) is 0 Å². The van der Waals surface area contributed by atoms with Crippen molar-refractivity contribution in [2.75, 3.05) is 12.8 Å². The number of nitrogens with one attached hydrogen (secondary N) is 1. The Kier molecular flexibility index (Phi) is 5.11. The second-order valence-corrected chi connectivity index (χ2v) is 6.71. The lowest BCUT2D eigenvalue weighted by molar-refractivity contribution is -0.125. The first-order chi connectivity index (χ1) is 9.60. The largest absolute Gasteiger partial charge is 0.368 e. The van der Waals surface area contributed by atoms with E-state index in [4.69, 9.17) is 5.73 Å². The van der Waals surface area contributed by atoms with Crippen LogP contribution in [0.25, 0.3) is 0 Å².